The number of thiophene rings is 1. The number of fused-ring (bicyclic) bond motifs is 3. The van der Waals surface area contributed by atoms with Crippen LogP contribution in [0.4, 0.5) is 34.1 Å². The molecule has 0 amide bonds. The number of anilines is 6. The number of nitrogens with zero attached hydrogens (tertiary/aromatic N) is 2. The molecule has 0 saturated carbocycles. The van der Waals surface area contributed by atoms with E-state index in [2.05, 4.69) is 252 Å². The molecular formula is C54H40N2SSi. The Balaban J connectivity index is 1.17. The second-order valence-corrected chi connectivity index (χ2v) is 19.4. The minimum Gasteiger partial charge on any atom is -0.311 e. The third-order valence-corrected chi connectivity index (χ3v) is 17.1. The van der Waals surface area contributed by atoms with Gasteiger partial charge in [-0.1, -0.05) is 164 Å². The Morgan fingerprint density at radius 2 is 0.638 bits per heavy atom. The molecule has 0 aliphatic rings. The molecule has 0 atom stereocenters. The van der Waals surface area contributed by atoms with E-state index in [0.29, 0.717) is 0 Å². The van der Waals surface area contributed by atoms with Crippen molar-refractivity contribution in [3.63, 3.8) is 0 Å². The fourth-order valence-electron chi connectivity index (χ4n) is 8.59. The van der Waals surface area contributed by atoms with Crippen LogP contribution in [0, 0.1) is 0 Å². The molecule has 0 unspecified atom stereocenters. The van der Waals surface area contributed by atoms with Gasteiger partial charge in [-0.2, -0.15) is 0 Å². The predicted molar refractivity (Wildman–Crippen MR) is 252 cm³/mol. The molecule has 1 aromatic heterocycles. The molecule has 10 aromatic rings. The first-order chi connectivity index (χ1) is 28.8. The molecule has 1 heterocycles. The zero-order chi connectivity index (χ0) is 38.7. The first kappa shape index (κ1) is 35.4. The van der Waals surface area contributed by atoms with E-state index in [9.17, 15) is 0 Å². The highest BCUT2D eigenvalue weighted by atomic mass is 32.1. The van der Waals surface area contributed by atoms with E-state index >= 15 is 0 Å². The van der Waals surface area contributed by atoms with E-state index in [1.165, 1.54) is 40.9 Å². The Morgan fingerprint density at radius 3 is 1.21 bits per heavy atom. The van der Waals surface area contributed by atoms with Crippen LogP contribution in [-0.2, 0) is 0 Å². The smallest absolute Gasteiger partial charge is 0.179 e. The summed E-state index contributed by atoms with van der Waals surface area (Å²) in [6.45, 7) is 0. The third kappa shape index (κ3) is 6.39. The summed E-state index contributed by atoms with van der Waals surface area (Å²) in [6.07, 6.45) is 0. The lowest BCUT2D eigenvalue weighted by Gasteiger charge is -2.36. The van der Waals surface area contributed by atoms with E-state index in [1.54, 1.807) is 0 Å². The maximum atomic E-state index is 2.46. The Morgan fingerprint density at radius 1 is 0.259 bits per heavy atom. The van der Waals surface area contributed by atoms with Crippen LogP contribution in [0.1, 0.15) is 0 Å². The highest BCUT2D eigenvalue weighted by molar-refractivity contribution is 7.25. The van der Waals surface area contributed by atoms with Crippen molar-refractivity contribution in [3.05, 3.63) is 243 Å². The lowest BCUT2D eigenvalue weighted by atomic mass is 10.1. The molecule has 0 N–H and O–H groups in total. The average Bonchev–Trinajstić information content (AvgIpc) is 3.67. The van der Waals surface area contributed by atoms with Gasteiger partial charge in [-0.3, -0.25) is 0 Å². The third-order valence-electron chi connectivity index (χ3n) is 11.2. The molecule has 0 radical (unpaired) electrons. The first-order valence-corrected chi connectivity index (χ1v) is 22.6. The number of para-hydroxylation sites is 3. The quantitative estimate of drug-likeness (QED) is 0.101. The van der Waals surface area contributed by atoms with Crippen molar-refractivity contribution in [3.8, 4) is 0 Å². The Bertz CT molecular complexity index is 2860. The molecule has 0 bridgehead atoms. The minimum absolute atomic E-state index is 1.12. The summed E-state index contributed by atoms with van der Waals surface area (Å²) in [5, 5.41) is 7.93. The van der Waals surface area contributed by atoms with Gasteiger partial charge >= 0.3 is 0 Å². The maximum Gasteiger partial charge on any atom is 0.179 e. The summed E-state index contributed by atoms with van der Waals surface area (Å²) in [6, 6.07) is 88.9. The zero-order valence-electron chi connectivity index (χ0n) is 31.9. The van der Waals surface area contributed by atoms with Crippen molar-refractivity contribution in [2.24, 2.45) is 0 Å². The van der Waals surface area contributed by atoms with Crippen LogP contribution in [0.5, 0.6) is 0 Å². The molecule has 10 rings (SSSR count). The summed E-state index contributed by atoms with van der Waals surface area (Å²) in [5.74, 6) is 0. The van der Waals surface area contributed by atoms with E-state index in [0.717, 1.165) is 34.1 Å². The molecule has 9 aromatic carbocycles. The van der Waals surface area contributed by atoms with Crippen LogP contribution in [-0.4, -0.2) is 8.07 Å². The standard InChI is InChI=1S/C54H40N2SSi/c1-6-19-41(20-7-1)55(42-21-8-2-9-22-42)44-33-36-49(37-34-44)58(47-26-12-4-13-27-47,48-28-14-5-15-29-48)50-30-18-25-45(39-50)56(43-23-10-3-11-24-43)46-35-38-52-51-31-16-17-32-53(51)57-54(52)40-46/h1-40H. The number of benzene rings is 9. The van der Waals surface area contributed by atoms with E-state index in [1.807, 2.05) is 11.3 Å². The fraction of sp³-hybridized carbons (Fsp3) is 0. The molecule has 0 saturated heterocycles. The SMILES string of the molecule is c1ccc(N(c2ccccc2)c2ccc([Si](c3ccccc3)(c3ccccc3)c3cccc(N(c4ccccc4)c4ccc5c(c4)sc4ccccc45)c3)cc2)cc1. The second kappa shape index (κ2) is 15.5. The lowest BCUT2D eigenvalue weighted by molar-refractivity contribution is 1.28. The Labute approximate surface area is 345 Å². The molecule has 2 nitrogen and oxygen atoms in total. The summed E-state index contributed by atoms with van der Waals surface area (Å²) in [5.41, 5.74) is 6.75. The number of hydrogen-bond acceptors (Lipinski definition) is 3. The molecular weight excluding hydrogens is 737 g/mol. The zero-order valence-corrected chi connectivity index (χ0v) is 33.7. The highest BCUT2D eigenvalue weighted by Crippen LogP contribution is 2.40. The Kier molecular flexibility index (Phi) is 9.48. The monoisotopic (exact) mass is 776 g/mol. The van der Waals surface area contributed by atoms with E-state index in [-0.39, 0.29) is 0 Å². The van der Waals surface area contributed by atoms with Crippen LogP contribution in [0.25, 0.3) is 20.2 Å². The van der Waals surface area contributed by atoms with Crippen LogP contribution < -0.4 is 30.5 Å². The number of hydrogen-bond donors (Lipinski definition) is 0. The van der Waals surface area contributed by atoms with Gasteiger partial charge in [0.05, 0.1) is 0 Å². The largest absolute Gasteiger partial charge is 0.311 e. The summed E-state index contributed by atoms with van der Waals surface area (Å²) in [7, 11) is -2.90. The molecule has 0 aliphatic carbocycles. The summed E-state index contributed by atoms with van der Waals surface area (Å²) >= 11 is 1.86. The second-order valence-electron chi connectivity index (χ2n) is 14.5. The highest BCUT2D eigenvalue weighted by Gasteiger charge is 2.42. The van der Waals surface area contributed by atoms with Gasteiger partial charge in [-0.05, 0) is 99.6 Å². The molecule has 0 fully saturated rings. The summed E-state index contributed by atoms with van der Waals surface area (Å²) < 4.78 is 2.60. The molecule has 58 heavy (non-hydrogen) atoms. The van der Waals surface area contributed by atoms with Crippen LogP contribution in [0.3, 0.4) is 0 Å². The van der Waals surface area contributed by atoms with Gasteiger partial charge in [0, 0.05) is 54.3 Å². The van der Waals surface area contributed by atoms with Crippen LogP contribution in [0.15, 0.2) is 243 Å². The van der Waals surface area contributed by atoms with Crippen molar-refractivity contribution in [2.45, 2.75) is 0 Å². The van der Waals surface area contributed by atoms with Gasteiger partial charge in [0.25, 0.3) is 0 Å². The Hall–Kier alpha value is -6.98. The first-order valence-electron chi connectivity index (χ1n) is 19.8. The van der Waals surface area contributed by atoms with Gasteiger partial charge < -0.3 is 9.80 Å². The fourth-order valence-corrected chi connectivity index (χ4v) is 14.5. The average molecular weight is 777 g/mol. The van der Waals surface area contributed by atoms with E-state index in [4.69, 9.17) is 0 Å². The van der Waals surface area contributed by atoms with Crippen molar-refractivity contribution in [2.75, 3.05) is 9.80 Å². The van der Waals surface area contributed by atoms with Gasteiger partial charge in [0.15, 0.2) is 8.07 Å². The number of rotatable bonds is 10. The molecule has 4 heteroatoms. The maximum absolute atomic E-state index is 2.90. The predicted octanol–water partition coefficient (Wildman–Crippen LogP) is 12.4. The topological polar surface area (TPSA) is 6.48 Å². The van der Waals surface area contributed by atoms with Gasteiger partial charge in [-0.25, -0.2) is 0 Å². The van der Waals surface area contributed by atoms with Gasteiger partial charge in [0.1, 0.15) is 0 Å². The molecule has 0 aliphatic heterocycles. The van der Waals surface area contributed by atoms with Crippen LogP contribution in [0.2, 0.25) is 0 Å². The van der Waals surface area contributed by atoms with Crippen molar-refractivity contribution in [1.29, 1.82) is 0 Å². The van der Waals surface area contributed by atoms with E-state index < -0.39 is 8.07 Å². The van der Waals surface area contributed by atoms with Crippen molar-refractivity contribution in [1.82, 2.24) is 0 Å². The van der Waals surface area contributed by atoms with Crippen molar-refractivity contribution >= 4 is 94.5 Å². The molecule has 0 spiro atoms. The van der Waals surface area contributed by atoms with Gasteiger partial charge in [-0.15, -0.1) is 11.3 Å². The lowest BCUT2D eigenvalue weighted by Crippen LogP contribution is -2.74. The molecule has 276 valence electrons. The minimum atomic E-state index is -2.90. The van der Waals surface area contributed by atoms with Gasteiger partial charge in [0.2, 0.25) is 0 Å². The summed E-state index contributed by atoms with van der Waals surface area (Å²) in [4.78, 5) is 4.76. The van der Waals surface area contributed by atoms with Crippen molar-refractivity contribution < 1.29 is 0 Å². The van der Waals surface area contributed by atoms with Crippen LogP contribution >= 0.6 is 11.3 Å². The normalized spacial score (nSPS) is 11.4.